The minimum Gasteiger partial charge on any atom is -0.324 e. The fourth-order valence-corrected chi connectivity index (χ4v) is 7.38. The van der Waals surface area contributed by atoms with E-state index in [0.29, 0.717) is 12.8 Å². The number of imide groups is 1. The maximum absolute atomic E-state index is 13.2. The number of hydrazine groups is 1. The molecule has 5 atom stereocenters. The number of nitrogens with zero attached hydrogens (tertiary/aromatic N) is 2. The third-order valence-corrected chi connectivity index (χ3v) is 9.58. The predicted octanol–water partition coefficient (Wildman–Crippen LogP) is 0.403. The molecule has 0 aromatic carbocycles. The van der Waals surface area contributed by atoms with Gasteiger partial charge in [-0.25, -0.2) is 28.8 Å². The highest BCUT2D eigenvalue weighted by molar-refractivity contribution is 8.00. The van der Waals surface area contributed by atoms with Gasteiger partial charge < -0.3 is 4.90 Å². The largest absolute Gasteiger partial charge is 0.326 e. The number of hydrogen-bond donors (Lipinski definition) is 3. The van der Waals surface area contributed by atoms with Crippen LogP contribution in [0.1, 0.15) is 46.0 Å². The Balaban J connectivity index is 1.49. The molecule has 3 N–H and O–H groups in total. The molecule has 2 saturated heterocycles. The van der Waals surface area contributed by atoms with Crippen molar-refractivity contribution in [3.8, 4) is 0 Å². The minimum atomic E-state index is -3.48. The van der Waals surface area contributed by atoms with Gasteiger partial charge in [0.05, 0.1) is 28.5 Å². The second-order valence-corrected chi connectivity index (χ2v) is 12.2. The first-order valence-electron chi connectivity index (χ1n) is 9.87. The summed E-state index contributed by atoms with van der Waals surface area (Å²) >= 11 is 1.62. The summed E-state index contributed by atoms with van der Waals surface area (Å²) in [5.74, 6) is -0.714. The number of carbonyl (C=O) groups excluding carboxylic acids is 2. The van der Waals surface area contributed by atoms with Crippen molar-refractivity contribution in [2.45, 2.75) is 73.5 Å². The van der Waals surface area contributed by atoms with Gasteiger partial charge in [0, 0.05) is 18.6 Å². The van der Waals surface area contributed by atoms with Gasteiger partial charge in [-0.3, -0.25) is 9.69 Å². The van der Waals surface area contributed by atoms with Gasteiger partial charge >= 0.3 is 6.03 Å². The van der Waals surface area contributed by atoms with E-state index < -0.39 is 21.2 Å². The molecule has 0 spiro atoms. The number of amides is 3. The molecule has 0 bridgehead atoms. The van der Waals surface area contributed by atoms with Gasteiger partial charge in [0.2, 0.25) is 15.9 Å². The number of carbonyl (C=O) groups is 2. The summed E-state index contributed by atoms with van der Waals surface area (Å²) in [5, 5.41) is -0.462. The van der Waals surface area contributed by atoms with Crippen LogP contribution in [0, 0.1) is 5.92 Å². The number of sulfonamides is 1. The van der Waals surface area contributed by atoms with Gasteiger partial charge in [-0.15, -0.1) is 11.8 Å². The molecule has 0 radical (unpaired) electrons. The van der Waals surface area contributed by atoms with Gasteiger partial charge in [-0.05, 0) is 46.0 Å². The minimum absolute atomic E-state index is 0.0764. The smallest absolute Gasteiger partial charge is 0.324 e. The molecule has 2 heterocycles. The van der Waals surface area contributed by atoms with Crippen LogP contribution in [-0.4, -0.2) is 71.3 Å². The Kier molecular flexibility index (Phi) is 5.18. The first-order chi connectivity index (χ1) is 13.1. The standard InChI is InChI=1S/C17H29N5O4S2/c1-10-18-19-14(27-10)9-22-15(23)12-8-11(4-5-13(12)21(3)16(22)24)28(25,26)20-17(2)6-7-17/h10-14,18-20H,4-9H2,1-3H3. The molecule has 0 aromatic rings. The van der Waals surface area contributed by atoms with Crippen LogP contribution in [0.3, 0.4) is 0 Å². The maximum Gasteiger partial charge on any atom is 0.326 e. The molecule has 5 unspecified atom stereocenters. The molecule has 9 nitrogen and oxygen atoms in total. The van der Waals surface area contributed by atoms with Crippen LogP contribution in [0.5, 0.6) is 0 Å². The maximum atomic E-state index is 13.2. The van der Waals surface area contributed by atoms with E-state index in [1.807, 2.05) is 13.8 Å². The van der Waals surface area contributed by atoms with E-state index in [2.05, 4.69) is 15.6 Å². The summed E-state index contributed by atoms with van der Waals surface area (Å²) < 4.78 is 28.5. The summed E-state index contributed by atoms with van der Waals surface area (Å²) in [4.78, 5) is 28.9. The van der Waals surface area contributed by atoms with Gasteiger partial charge in [0.25, 0.3) is 0 Å². The van der Waals surface area contributed by atoms with Crippen molar-refractivity contribution in [3.05, 3.63) is 0 Å². The molecule has 2 aliphatic heterocycles. The first kappa shape index (κ1) is 20.4. The van der Waals surface area contributed by atoms with Crippen molar-refractivity contribution in [2.24, 2.45) is 5.92 Å². The lowest BCUT2D eigenvalue weighted by Gasteiger charge is -2.47. The third-order valence-electron chi connectivity index (χ3n) is 6.37. The zero-order chi connectivity index (χ0) is 20.3. The average Bonchev–Trinajstić information content (AvgIpc) is 3.20. The van der Waals surface area contributed by atoms with Crippen LogP contribution in [0.4, 0.5) is 4.79 Å². The number of hydrogen-bond acceptors (Lipinski definition) is 7. The van der Waals surface area contributed by atoms with Crippen LogP contribution in [-0.2, 0) is 14.8 Å². The van der Waals surface area contributed by atoms with Crippen molar-refractivity contribution >= 4 is 33.7 Å². The topological polar surface area (TPSA) is 111 Å². The lowest BCUT2D eigenvalue weighted by Crippen LogP contribution is -2.64. The Labute approximate surface area is 170 Å². The first-order valence-corrected chi connectivity index (χ1v) is 12.4. The molecule has 2 aliphatic carbocycles. The van der Waals surface area contributed by atoms with E-state index in [9.17, 15) is 18.0 Å². The Bertz CT molecular complexity index is 772. The third kappa shape index (κ3) is 3.79. The average molecular weight is 432 g/mol. The van der Waals surface area contributed by atoms with E-state index in [0.717, 1.165) is 12.8 Å². The zero-order valence-corrected chi connectivity index (χ0v) is 18.1. The van der Waals surface area contributed by atoms with Gasteiger partial charge in [-0.1, -0.05) is 0 Å². The van der Waals surface area contributed by atoms with Crippen molar-refractivity contribution in [3.63, 3.8) is 0 Å². The van der Waals surface area contributed by atoms with Gasteiger partial charge in [0.1, 0.15) is 0 Å². The monoisotopic (exact) mass is 431 g/mol. The Morgan fingerprint density at radius 3 is 2.57 bits per heavy atom. The molecular formula is C17H29N5O4S2. The van der Waals surface area contributed by atoms with Crippen LogP contribution in [0.2, 0.25) is 0 Å². The lowest BCUT2D eigenvalue weighted by molar-refractivity contribution is -0.139. The molecule has 2 saturated carbocycles. The number of thioether (sulfide) groups is 1. The number of nitrogens with one attached hydrogen (secondary N) is 3. The molecule has 28 heavy (non-hydrogen) atoms. The van der Waals surface area contributed by atoms with Crippen molar-refractivity contribution in [1.29, 1.82) is 0 Å². The summed E-state index contributed by atoms with van der Waals surface area (Å²) in [5.41, 5.74) is 5.84. The predicted molar refractivity (Wildman–Crippen MR) is 107 cm³/mol. The summed E-state index contributed by atoms with van der Waals surface area (Å²) in [6, 6.07) is -0.515. The fraction of sp³-hybridized carbons (Fsp3) is 0.882. The highest BCUT2D eigenvalue weighted by Crippen LogP contribution is 2.40. The van der Waals surface area contributed by atoms with E-state index in [1.165, 1.54) is 4.90 Å². The Morgan fingerprint density at radius 2 is 1.96 bits per heavy atom. The highest BCUT2D eigenvalue weighted by atomic mass is 32.2. The summed E-state index contributed by atoms with van der Waals surface area (Å²) in [6.45, 7) is 4.18. The number of urea groups is 1. The number of fused-ring (bicyclic) bond motifs is 1. The molecule has 4 aliphatic rings. The Hall–Kier alpha value is -0.880. The number of rotatable bonds is 5. The molecule has 11 heteroatoms. The van der Waals surface area contributed by atoms with Crippen molar-refractivity contribution in [2.75, 3.05) is 13.6 Å². The normalized spacial score (nSPS) is 37.9. The summed E-state index contributed by atoms with van der Waals surface area (Å²) in [6.07, 6.45) is 2.98. The Morgan fingerprint density at radius 1 is 1.25 bits per heavy atom. The SMILES string of the molecule is CC1NNC(CN2C(=O)C3CC(S(=O)(=O)NC4(C)CC4)CCC3N(C)C2=O)S1. The van der Waals surface area contributed by atoms with Crippen LogP contribution < -0.4 is 15.6 Å². The molecule has 0 aromatic heterocycles. The molecule has 158 valence electrons. The second kappa shape index (κ2) is 7.12. The van der Waals surface area contributed by atoms with Crippen LogP contribution in [0.25, 0.3) is 0 Å². The van der Waals surface area contributed by atoms with Crippen LogP contribution >= 0.6 is 11.8 Å². The van der Waals surface area contributed by atoms with Gasteiger partial charge in [0.15, 0.2) is 0 Å². The zero-order valence-electron chi connectivity index (χ0n) is 16.5. The molecule has 4 rings (SSSR count). The van der Waals surface area contributed by atoms with Gasteiger partial charge in [-0.2, -0.15) is 0 Å². The van der Waals surface area contributed by atoms with E-state index in [-0.39, 0.29) is 47.2 Å². The van der Waals surface area contributed by atoms with Crippen molar-refractivity contribution in [1.82, 2.24) is 25.4 Å². The quantitative estimate of drug-likeness (QED) is 0.578. The van der Waals surface area contributed by atoms with Crippen LogP contribution in [0.15, 0.2) is 0 Å². The highest BCUT2D eigenvalue weighted by Gasteiger charge is 2.51. The van der Waals surface area contributed by atoms with E-state index >= 15 is 0 Å². The molecular weight excluding hydrogens is 402 g/mol. The van der Waals surface area contributed by atoms with Crippen molar-refractivity contribution < 1.29 is 18.0 Å². The molecule has 4 fully saturated rings. The molecule has 3 amide bonds. The summed E-state index contributed by atoms with van der Waals surface area (Å²) in [7, 11) is -1.77. The lowest BCUT2D eigenvalue weighted by atomic mass is 9.81. The second-order valence-electron chi connectivity index (χ2n) is 8.71. The van der Waals surface area contributed by atoms with E-state index in [1.54, 1.807) is 23.7 Å². The fourth-order valence-electron chi connectivity index (χ4n) is 4.42. The van der Waals surface area contributed by atoms with E-state index in [4.69, 9.17) is 0 Å².